The number of nitrogen functional groups attached to an aromatic ring is 1. The summed E-state index contributed by atoms with van der Waals surface area (Å²) < 4.78 is 26.1. The van der Waals surface area contributed by atoms with E-state index >= 15 is 0 Å². The Kier molecular flexibility index (Phi) is 3.46. The summed E-state index contributed by atoms with van der Waals surface area (Å²) >= 11 is 0. The molecule has 2 rings (SSSR count). The number of anilines is 2. The second kappa shape index (κ2) is 5.06. The Hall–Kier alpha value is -2.43. The van der Waals surface area contributed by atoms with E-state index in [9.17, 15) is 13.6 Å². The lowest BCUT2D eigenvalue weighted by atomic mass is 10.1. The third kappa shape index (κ3) is 2.88. The fourth-order valence-electron chi connectivity index (χ4n) is 1.61. The number of nitrogens with two attached hydrogens (primary N) is 1. The normalized spacial score (nSPS) is 10.3. The molecule has 3 nitrogen and oxygen atoms in total. The maximum absolute atomic E-state index is 13.1. The van der Waals surface area contributed by atoms with Gasteiger partial charge in [-0.25, -0.2) is 8.78 Å². The largest absolute Gasteiger partial charge is 0.396 e. The number of halogens is 2. The maximum Gasteiger partial charge on any atom is 0.255 e. The van der Waals surface area contributed by atoms with Gasteiger partial charge in [-0.15, -0.1) is 0 Å². The smallest absolute Gasteiger partial charge is 0.255 e. The van der Waals surface area contributed by atoms with Gasteiger partial charge in [-0.1, -0.05) is 6.07 Å². The number of amides is 1. The van der Waals surface area contributed by atoms with Crippen molar-refractivity contribution < 1.29 is 13.6 Å². The second-order valence-corrected chi connectivity index (χ2v) is 4.15. The van der Waals surface area contributed by atoms with Crippen molar-refractivity contribution in [1.29, 1.82) is 0 Å². The van der Waals surface area contributed by atoms with Crippen molar-refractivity contribution in [2.45, 2.75) is 6.92 Å². The second-order valence-electron chi connectivity index (χ2n) is 4.15. The van der Waals surface area contributed by atoms with E-state index in [0.29, 0.717) is 5.69 Å². The Bertz CT molecular complexity index is 641. The van der Waals surface area contributed by atoms with Crippen molar-refractivity contribution in [2.24, 2.45) is 0 Å². The zero-order valence-corrected chi connectivity index (χ0v) is 10.2. The Labute approximate surface area is 109 Å². The minimum Gasteiger partial charge on any atom is -0.396 e. The van der Waals surface area contributed by atoms with Crippen LogP contribution in [0.3, 0.4) is 0 Å². The van der Waals surface area contributed by atoms with Gasteiger partial charge in [0.2, 0.25) is 0 Å². The number of aryl methyl sites for hydroxylation is 1. The fraction of sp³-hybridized carbons (Fsp3) is 0.0714. The number of carbonyl (C=O) groups excluding carboxylic acids is 1. The zero-order chi connectivity index (χ0) is 14.0. The number of benzene rings is 2. The van der Waals surface area contributed by atoms with Gasteiger partial charge >= 0.3 is 0 Å². The molecule has 98 valence electrons. The maximum atomic E-state index is 13.1. The average molecular weight is 262 g/mol. The molecule has 0 saturated heterocycles. The summed E-state index contributed by atoms with van der Waals surface area (Å²) in [6.45, 7) is 1.74. The summed E-state index contributed by atoms with van der Waals surface area (Å²) in [5, 5.41) is 2.56. The number of carbonyl (C=O) groups is 1. The summed E-state index contributed by atoms with van der Waals surface area (Å²) in [5.41, 5.74) is 6.59. The van der Waals surface area contributed by atoms with Crippen molar-refractivity contribution in [3.8, 4) is 0 Å². The van der Waals surface area contributed by atoms with Crippen LogP contribution in [0.15, 0.2) is 36.4 Å². The highest BCUT2D eigenvalue weighted by Gasteiger charge is 2.10. The van der Waals surface area contributed by atoms with Crippen molar-refractivity contribution in [1.82, 2.24) is 0 Å². The fourth-order valence-corrected chi connectivity index (χ4v) is 1.61. The molecule has 0 aromatic heterocycles. The predicted octanol–water partition coefficient (Wildman–Crippen LogP) is 3.11. The molecule has 0 heterocycles. The van der Waals surface area contributed by atoms with E-state index in [1.165, 1.54) is 24.3 Å². The van der Waals surface area contributed by atoms with Crippen LogP contribution in [0, 0.1) is 18.6 Å². The molecule has 5 heteroatoms. The Morgan fingerprint density at radius 1 is 1.16 bits per heavy atom. The molecule has 3 N–H and O–H groups in total. The molecule has 19 heavy (non-hydrogen) atoms. The molecule has 2 aromatic rings. The van der Waals surface area contributed by atoms with E-state index in [2.05, 4.69) is 5.32 Å². The third-order valence-electron chi connectivity index (χ3n) is 2.71. The standard InChI is InChI=1S/C14H12F2N2O/c1-8-2-4-10(15)7-13(8)18-14(19)9-3-5-11(16)12(17)6-9/h2-7H,17H2,1H3,(H,18,19). The van der Waals surface area contributed by atoms with Crippen molar-refractivity contribution in [2.75, 3.05) is 11.1 Å². The van der Waals surface area contributed by atoms with E-state index in [1.54, 1.807) is 13.0 Å². The summed E-state index contributed by atoms with van der Waals surface area (Å²) in [5.74, 6) is -1.50. The lowest BCUT2D eigenvalue weighted by molar-refractivity contribution is 0.102. The first kappa shape index (κ1) is 13.0. The Balaban J connectivity index is 2.25. The minimum absolute atomic E-state index is 0.108. The topological polar surface area (TPSA) is 55.1 Å². The predicted molar refractivity (Wildman–Crippen MR) is 69.9 cm³/mol. The zero-order valence-electron chi connectivity index (χ0n) is 10.2. The van der Waals surface area contributed by atoms with E-state index < -0.39 is 17.5 Å². The van der Waals surface area contributed by atoms with Gasteiger partial charge in [0.15, 0.2) is 0 Å². The summed E-state index contributed by atoms with van der Waals surface area (Å²) in [6.07, 6.45) is 0. The molecule has 0 atom stereocenters. The third-order valence-corrected chi connectivity index (χ3v) is 2.71. The molecule has 0 aliphatic rings. The van der Waals surface area contributed by atoms with Crippen LogP contribution in [0.25, 0.3) is 0 Å². The van der Waals surface area contributed by atoms with Crippen molar-refractivity contribution >= 4 is 17.3 Å². The van der Waals surface area contributed by atoms with Crippen LogP contribution in [0.4, 0.5) is 20.2 Å². The summed E-state index contributed by atoms with van der Waals surface area (Å²) in [6, 6.07) is 7.75. The lowest BCUT2D eigenvalue weighted by Crippen LogP contribution is -2.13. The highest BCUT2D eigenvalue weighted by molar-refractivity contribution is 6.05. The first-order valence-corrected chi connectivity index (χ1v) is 5.60. The molecular formula is C14H12F2N2O. The van der Waals surface area contributed by atoms with Crippen molar-refractivity contribution in [3.63, 3.8) is 0 Å². The van der Waals surface area contributed by atoms with Gasteiger partial charge < -0.3 is 11.1 Å². The molecule has 0 unspecified atom stereocenters. The molecule has 0 radical (unpaired) electrons. The first-order valence-electron chi connectivity index (χ1n) is 5.60. The number of hydrogen-bond donors (Lipinski definition) is 2. The molecule has 0 spiro atoms. The van der Waals surface area contributed by atoms with Gasteiger partial charge in [0.1, 0.15) is 11.6 Å². The van der Waals surface area contributed by atoms with Gasteiger partial charge in [0.25, 0.3) is 5.91 Å². The quantitative estimate of drug-likeness (QED) is 0.817. The summed E-state index contributed by atoms with van der Waals surface area (Å²) in [7, 11) is 0. The molecule has 0 saturated carbocycles. The van der Waals surface area contributed by atoms with Crippen LogP contribution in [0.5, 0.6) is 0 Å². The Morgan fingerprint density at radius 3 is 2.58 bits per heavy atom. The van der Waals surface area contributed by atoms with Crippen LogP contribution in [-0.4, -0.2) is 5.91 Å². The van der Waals surface area contributed by atoms with Gasteiger partial charge in [-0.2, -0.15) is 0 Å². The van der Waals surface area contributed by atoms with E-state index in [0.717, 1.165) is 11.6 Å². The highest BCUT2D eigenvalue weighted by atomic mass is 19.1. The molecule has 0 aliphatic carbocycles. The van der Waals surface area contributed by atoms with Gasteiger partial charge in [-0.05, 0) is 42.8 Å². The van der Waals surface area contributed by atoms with E-state index in [-0.39, 0.29) is 11.3 Å². The molecule has 1 amide bonds. The summed E-state index contributed by atoms with van der Waals surface area (Å²) in [4.78, 5) is 11.9. The van der Waals surface area contributed by atoms with Crippen LogP contribution in [0.2, 0.25) is 0 Å². The molecule has 0 aliphatic heterocycles. The highest BCUT2D eigenvalue weighted by Crippen LogP contribution is 2.18. The van der Waals surface area contributed by atoms with Crippen LogP contribution < -0.4 is 11.1 Å². The van der Waals surface area contributed by atoms with E-state index in [1.807, 2.05) is 0 Å². The van der Waals surface area contributed by atoms with Crippen LogP contribution >= 0.6 is 0 Å². The van der Waals surface area contributed by atoms with Gasteiger partial charge in [0, 0.05) is 11.3 Å². The van der Waals surface area contributed by atoms with Crippen LogP contribution in [-0.2, 0) is 0 Å². The lowest BCUT2D eigenvalue weighted by Gasteiger charge is -2.09. The van der Waals surface area contributed by atoms with Gasteiger partial charge in [0.05, 0.1) is 5.69 Å². The number of nitrogens with one attached hydrogen (secondary N) is 1. The average Bonchev–Trinajstić information content (AvgIpc) is 2.37. The monoisotopic (exact) mass is 262 g/mol. The molecule has 2 aromatic carbocycles. The number of rotatable bonds is 2. The van der Waals surface area contributed by atoms with Crippen molar-refractivity contribution in [3.05, 3.63) is 59.2 Å². The van der Waals surface area contributed by atoms with E-state index in [4.69, 9.17) is 5.73 Å². The van der Waals surface area contributed by atoms with Gasteiger partial charge in [-0.3, -0.25) is 4.79 Å². The SMILES string of the molecule is Cc1ccc(F)cc1NC(=O)c1ccc(F)c(N)c1. The number of hydrogen-bond acceptors (Lipinski definition) is 2. The minimum atomic E-state index is -0.585. The molecular weight excluding hydrogens is 250 g/mol. The van der Waals surface area contributed by atoms with Crippen LogP contribution in [0.1, 0.15) is 15.9 Å². The first-order chi connectivity index (χ1) is 8.97. The molecule has 0 fully saturated rings. The molecule has 0 bridgehead atoms. The Morgan fingerprint density at radius 2 is 1.89 bits per heavy atom.